The molecule has 2 heterocycles. The van der Waals surface area contributed by atoms with Gasteiger partial charge in [0.15, 0.2) is 0 Å². The molecule has 0 amide bonds. The summed E-state index contributed by atoms with van der Waals surface area (Å²) in [6.45, 7) is 3.09. The first kappa shape index (κ1) is 19.3. The SMILES string of the molecule is CCOC(=O)C1=C(C)Nc2nc(C(F)(F)F)nn2[C@@H]1c1cccc([N+](=O)[O-])c1. The lowest BCUT2D eigenvalue weighted by Crippen LogP contribution is -2.29. The van der Waals surface area contributed by atoms with Crippen molar-refractivity contribution in [1.29, 1.82) is 0 Å². The number of alkyl halides is 3. The highest BCUT2D eigenvalue weighted by Crippen LogP contribution is 2.38. The predicted octanol–water partition coefficient (Wildman–Crippen LogP) is 3.06. The van der Waals surface area contributed by atoms with Crippen LogP contribution in [0, 0.1) is 10.1 Å². The highest BCUT2D eigenvalue weighted by molar-refractivity contribution is 5.92. The zero-order valence-corrected chi connectivity index (χ0v) is 14.6. The maximum atomic E-state index is 13.1. The zero-order valence-electron chi connectivity index (χ0n) is 14.6. The van der Waals surface area contributed by atoms with Gasteiger partial charge in [-0.15, -0.1) is 5.10 Å². The van der Waals surface area contributed by atoms with Crippen LogP contribution < -0.4 is 5.32 Å². The summed E-state index contributed by atoms with van der Waals surface area (Å²) in [5.74, 6) is -2.42. The first-order valence-corrected chi connectivity index (χ1v) is 8.06. The number of nitro groups is 1. The minimum absolute atomic E-state index is 0.0199. The molecule has 0 bridgehead atoms. The third-order valence-corrected chi connectivity index (χ3v) is 4.00. The van der Waals surface area contributed by atoms with Crippen molar-refractivity contribution in [3.05, 3.63) is 57.0 Å². The highest BCUT2D eigenvalue weighted by Gasteiger charge is 2.41. The van der Waals surface area contributed by atoms with Crippen molar-refractivity contribution in [2.45, 2.75) is 26.1 Å². The second-order valence-corrected chi connectivity index (χ2v) is 5.84. The summed E-state index contributed by atoms with van der Waals surface area (Å²) >= 11 is 0. The van der Waals surface area contributed by atoms with E-state index in [1.165, 1.54) is 31.2 Å². The maximum absolute atomic E-state index is 13.1. The van der Waals surface area contributed by atoms with E-state index in [1.54, 1.807) is 6.92 Å². The van der Waals surface area contributed by atoms with E-state index in [1.807, 2.05) is 0 Å². The monoisotopic (exact) mass is 397 g/mol. The minimum Gasteiger partial charge on any atom is -0.463 e. The van der Waals surface area contributed by atoms with Crippen LogP contribution in [0.1, 0.15) is 31.3 Å². The molecular formula is C16H14F3N5O4. The standard InChI is InChI=1S/C16H14F3N5O4/c1-3-28-13(25)11-8(2)20-15-21-14(16(17,18)19)22-23(15)12(11)9-5-4-6-10(7-9)24(26)27/h4-7,12H,3H2,1-2H3,(H,20,21,22)/t12-/m1/s1. The number of aromatic nitrogens is 3. The van der Waals surface area contributed by atoms with Gasteiger partial charge in [0.2, 0.25) is 5.95 Å². The number of nitrogens with one attached hydrogen (secondary N) is 1. The fraction of sp³-hybridized carbons (Fsp3) is 0.312. The Labute approximate surface area is 156 Å². The Hall–Kier alpha value is -3.44. The van der Waals surface area contributed by atoms with Gasteiger partial charge in [0.1, 0.15) is 6.04 Å². The van der Waals surface area contributed by atoms with Crippen LogP contribution >= 0.6 is 0 Å². The van der Waals surface area contributed by atoms with E-state index < -0.39 is 28.9 Å². The molecule has 1 aliphatic rings. The number of esters is 1. The van der Waals surface area contributed by atoms with Crippen LogP contribution in [0.4, 0.5) is 24.8 Å². The summed E-state index contributed by atoms with van der Waals surface area (Å²) < 4.78 is 45.2. The Balaban J connectivity index is 2.21. The molecule has 0 saturated carbocycles. The number of allylic oxidation sites excluding steroid dienone is 1. The van der Waals surface area contributed by atoms with Crippen LogP contribution in [0.3, 0.4) is 0 Å². The number of benzene rings is 1. The number of fused-ring (bicyclic) bond motifs is 1. The number of carbonyl (C=O) groups excluding carboxylic acids is 1. The Morgan fingerprint density at radius 1 is 1.43 bits per heavy atom. The Kier molecular flexibility index (Phi) is 4.79. The molecule has 12 heteroatoms. The molecule has 0 aliphatic carbocycles. The van der Waals surface area contributed by atoms with E-state index in [2.05, 4.69) is 15.4 Å². The van der Waals surface area contributed by atoms with Gasteiger partial charge in [-0.2, -0.15) is 18.2 Å². The number of nitrogens with zero attached hydrogens (tertiary/aromatic N) is 4. The molecule has 9 nitrogen and oxygen atoms in total. The minimum atomic E-state index is -4.81. The molecule has 28 heavy (non-hydrogen) atoms. The van der Waals surface area contributed by atoms with Gasteiger partial charge in [-0.3, -0.25) is 10.1 Å². The summed E-state index contributed by atoms with van der Waals surface area (Å²) in [7, 11) is 0. The number of nitro benzene ring substituents is 1. The van der Waals surface area contributed by atoms with E-state index >= 15 is 0 Å². The zero-order chi connectivity index (χ0) is 20.6. The Morgan fingerprint density at radius 2 is 2.14 bits per heavy atom. The summed E-state index contributed by atoms with van der Waals surface area (Å²) in [4.78, 5) is 26.4. The normalized spacial score (nSPS) is 16.4. The number of anilines is 1. The topological polar surface area (TPSA) is 112 Å². The van der Waals surface area contributed by atoms with Crippen molar-refractivity contribution < 1.29 is 27.6 Å². The molecular weight excluding hydrogens is 383 g/mol. The van der Waals surface area contributed by atoms with Gasteiger partial charge in [-0.1, -0.05) is 12.1 Å². The van der Waals surface area contributed by atoms with E-state index in [-0.39, 0.29) is 35.1 Å². The average molecular weight is 397 g/mol. The fourth-order valence-corrected chi connectivity index (χ4v) is 2.86. The van der Waals surface area contributed by atoms with Crippen molar-refractivity contribution in [1.82, 2.24) is 14.8 Å². The van der Waals surface area contributed by atoms with E-state index in [0.29, 0.717) is 0 Å². The van der Waals surface area contributed by atoms with Gasteiger partial charge in [-0.05, 0) is 19.4 Å². The lowest BCUT2D eigenvalue weighted by Gasteiger charge is -2.27. The van der Waals surface area contributed by atoms with Gasteiger partial charge >= 0.3 is 12.1 Å². The second kappa shape index (κ2) is 6.94. The van der Waals surface area contributed by atoms with Crippen molar-refractivity contribution in [3.8, 4) is 0 Å². The highest BCUT2D eigenvalue weighted by atomic mass is 19.4. The largest absolute Gasteiger partial charge is 0.463 e. The molecule has 0 spiro atoms. The van der Waals surface area contributed by atoms with Crippen LogP contribution in [-0.2, 0) is 15.7 Å². The fourth-order valence-electron chi connectivity index (χ4n) is 2.86. The Morgan fingerprint density at radius 3 is 2.75 bits per heavy atom. The molecule has 1 aromatic carbocycles. The van der Waals surface area contributed by atoms with Crippen molar-refractivity contribution in [2.24, 2.45) is 0 Å². The quantitative estimate of drug-likeness (QED) is 0.479. The third-order valence-electron chi connectivity index (χ3n) is 4.00. The lowest BCUT2D eigenvalue weighted by atomic mass is 9.95. The van der Waals surface area contributed by atoms with Gasteiger partial charge in [-0.25, -0.2) is 9.48 Å². The van der Waals surface area contributed by atoms with Crippen molar-refractivity contribution in [2.75, 3.05) is 11.9 Å². The number of hydrogen-bond acceptors (Lipinski definition) is 7. The molecule has 148 valence electrons. The molecule has 0 fully saturated rings. The summed E-state index contributed by atoms with van der Waals surface area (Å²) in [5, 5.41) is 17.2. The van der Waals surface area contributed by atoms with Gasteiger partial charge in [0.05, 0.1) is 17.1 Å². The maximum Gasteiger partial charge on any atom is 0.453 e. The second-order valence-electron chi connectivity index (χ2n) is 5.84. The van der Waals surface area contributed by atoms with Crippen molar-refractivity contribution in [3.63, 3.8) is 0 Å². The summed E-state index contributed by atoms with van der Waals surface area (Å²) in [6, 6.07) is 4.04. The number of non-ortho nitro benzene ring substituents is 1. The summed E-state index contributed by atoms with van der Waals surface area (Å²) in [5.41, 5.74) is 0.102. The molecule has 1 aliphatic heterocycles. The predicted molar refractivity (Wildman–Crippen MR) is 89.2 cm³/mol. The summed E-state index contributed by atoms with van der Waals surface area (Å²) in [6.07, 6.45) is -4.81. The number of ether oxygens (including phenoxy) is 1. The average Bonchev–Trinajstić information content (AvgIpc) is 3.04. The van der Waals surface area contributed by atoms with E-state index in [4.69, 9.17) is 4.74 Å². The number of halogens is 3. The van der Waals surface area contributed by atoms with Crippen LogP contribution in [0.2, 0.25) is 0 Å². The van der Waals surface area contributed by atoms with Crippen LogP contribution in [0.25, 0.3) is 0 Å². The van der Waals surface area contributed by atoms with E-state index in [0.717, 1.165) is 4.68 Å². The number of rotatable bonds is 4. The molecule has 0 unspecified atom stereocenters. The molecule has 1 N–H and O–H groups in total. The van der Waals surface area contributed by atoms with Crippen LogP contribution in [0.5, 0.6) is 0 Å². The van der Waals surface area contributed by atoms with Crippen LogP contribution in [-0.4, -0.2) is 32.3 Å². The third kappa shape index (κ3) is 3.40. The first-order valence-electron chi connectivity index (χ1n) is 8.06. The van der Waals surface area contributed by atoms with Crippen LogP contribution in [0.15, 0.2) is 35.5 Å². The van der Waals surface area contributed by atoms with E-state index in [9.17, 15) is 28.1 Å². The molecule has 2 aromatic rings. The molecule has 1 aromatic heterocycles. The molecule has 1 atom stereocenters. The van der Waals surface area contributed by atoms with Gasteiger partial charge in [0, 0.05) is 17.8 Å². The Bertz CT molecular complexity index is 983. The molecule has 0 saturated heterocycles. The number of carbonyl (C=O) groups is 1. The molecule has 3 rings (SSSR count). The van der Waals surface area contributed by atoms with Gasteiger partial charge < -0.3 is 10.1 Å². The molecule has 0 radical (unpaired) electrons. The smallest absolute Gasteiger partial charge is 0.453 e. The van der Waals surface area contributed by atoms with Gasteiger partial charge in [0.25, 0.3) is 11.5 Å². The number of hydrogen-bond donors (Lipinski definition) is 1. The van der Waals surface area contributed by atoms with Crippen molar-refractivity contribution >= 4 is 17.6 Å². The first-order chi connectivity index (χ1) is 13.1. The lowest BCUT2D eigenvalue weighted by molar-refractivity contribution is -0.384.